The molecule has 1 rings (SSSR count). The SMILES string of the molecule is CCCOc1ccccc1OC(CN)C(=O)O. The molecular formula is C12H17NO4. The largest absolute Gasteiger partial charge is 0.490 e. The smallest absolute Gasteiger partial charge is 0.346 e. The molecule has 0 saturated carbocycles. The van der Waals surface area contributed by atoms with Crippen molar-refractivity contribution < 1.29 is 19.4 Å². The van der Waals surface area contributed by atoms with Gasteiger partial charge in [0.2, 0.25) is 6.10 Å². The first-order valence-electron chi connectivity index (χ1n) is 5.50. The standard InChI is InChI=1S/C12H17NO4/c1-2-7-16-9-5-3-4-6-10(9)17-11(8-13)12(14)15/h3-6,11H,2,7-8,13H2,1H3,(H,14,15). The Balaban J connectivity index is 2.78. The zero-order valence-corrected chi connectivity index (χ0v) is 9.76. The van der Waals surface area contributed by atoms with Crippen LogP contribution in [0.25, 0.3) is 0 Å². The van der Waals surface area contributed by atoms with Gasteiger partial charge in [0, 0.05) is 6.54 Å². The summed E-state index contributed by atoms with van der Waals surface area (Å²) in [5.74, 6) is -0.148. The minimum atomic E-state index is -1.09. The lowest BCUT2D eigenvalue weighted by atomic mass is 10.3. The van der Waals surface area contributed by atoms with Gasteiger partial charge in [-0.3, -0.25) is 0 Å². The lowest BCUT2D eigenvalue weighted by Gasteiger charge is -2.16. The van der Waals surface area contributed by atoms with Crippen LogP contribution in [0.15, 0.2) is 24.3 Å². The van der Waals surface area contributed by atoms with Gasteiger partial charge in [-0.2, -0.15) is 0 Å². The van der Waals surface area contributed by atoms with E-state index in [4.69, 9.17) is 20.3 Å². The van der Waals surface area contributed by atoms with E-state index in [2.05, 4.69) is 0 Å². The number of aliphatic carboxylic acids is 1. The zero-order valence-electron chi connectivity index (χ0n) is 9.76. The van der Waals surface area contributed by atoms with Crippen LogP contribution in [-0.2, 0) is 4.79 Å². The van der Waals surface area contributed by atoms with E-state index in [1.165, 1.54) is 0 Å². The van der Waals surface area contributed by atoms with Crippen molar-refractivity contribution in [1.82, 2.24) is 0 Å². The fourth-order valence-electron chi connectivity index (χ4n) is 1.23. The first-order valence-corrected chi connectivity index (χ1v) is 5.50. The summed E-state index contributed by atoms with van der Waals surface area (Å²) in [6.45, 7) is 2.46. The summed E-state index contributed by atoms with van der Waals surface area (Å²) in [6, 6.07) is 6.96. The highest BCUT2D eigenvalue weighted by atomic mass is 16.5. The molecule has 0 spiro atoms. The molecule has 5 heteroatoms. The molecule has 0 aliphatic carbocycles. The summed E-state index contributed by atoms with van der Waals surface area (Å²) in [5.41, 5.74) is 5.33. The third-order valence-corrected chi connectivity index (χ3v) is 2.07. The van der Waals surface area contributed by atoms with E-state index in [0.717, 1.165) is 6.42 Å². The molecule has 0 saturated heterocycles. The van der Waals surface area contributed by atoms with E-state index < -0.39 is 12.1 Å². The van der Waals surface area contributed by atoms with Crippen molar-refractivity contribution in [3.05, 3.63) is 24.3 Å². The third-order valence-electron chi connectivity index (χ3n) is 2.07. The van der Waals surface area contributed by atoms with E-state index in [0.29, 0.717) is 18.1 Å². The van der Waals surface area contributed by atoms with E-state index in [9.17, 15) is 4.79 Å². The van der Waals surface area contributed by atoms with Gasteiger partial charge in [-0.25, -0.2) is 4.79 Å². The summed E-state index contributed by atoms with van der Waals surface area (Å²) in [6.07, 6.45) is -0.186. The highest BCUT2D eigenvalue weighted by Gasteiger charge is 2.18. The van der Waals surface area contributed by atoms with Gasteiger partial charge in [0.05, 0.1) is 6.61 Å². The number of carboxylic acid groups (broad SMARTS) is 1. The molecule has 5 nitrogen and oxygen atoms in total. The maximum absolute atomic E-state index is 10.8. The molecular weight excluding hydrogens is 222 g/mol. The summed E-state index contributed by atoms with van der Waals surface area (Å²) in [5, 5.41) is 8.86. The maximum Gasteiger partial charge on any atom is 0.346 e. The number of hydrogen-bond donors (Lipinski definition) is 2. The molecule has 3 N–H and O–H groups in total. The second-order valence-corrected chi connectivity index (χ2v) is 3.48. The Morgan fingerprint density at radius 2 is 2.06 bits per heavy atom. The Morgan fingerprint density at radius 3 is 2.59 bits per heavy atom. The second-order valence-electron chi connectivity index (χ2n) is 3.48. The topological polar surface area (TPSA) is 81.8 Å². The Labute approximate surface area is 100 Å². The molecule has 1 unspecified atom stereocenters. The van der Waals surface area contributed by atoms with Crippen molar-refractivity contribution in [3.63, 3.8) is 0 Å². The number of carboxylic acids is 1. The van der Waals surface area contributed by atoms with Crippen molar-refractivity contribution in [3.8, 4) is 11.5 Å². The summed E-state index contributed by atoms with van der Waals surface area (Å²) < 4.78 is 10.8. The molecule has 17 heavy (non-hydrogen) atoms. The fourth-order valence-corrected chi connectivity index (χ4v) is 1.23. The van der Waals surface area contributed by atoms with E-state index in [-0.39, 0.29) is 6.54 Å². The van der Waals surface area contributed by atoms with E-state index >= 15 is 0 Å². The molecule has 1 aromatic carbocycles. The van der Waals surface area contributed by atoms with Gasteiger partial charge < -0.3 is 20.3 Å². The van der Waals surface area contributed by atoms with Crippen molar-refractivity contribution in [2.24, 2.45) is 5.73 Å². The van der Waals surface area contributed by atoms with E-state index in [1.54, 1.807) is 24.3 Å². The van der Waals surface area contributed by atoms with Crippen molar-refractivity contribution in [2.45, 2.75) is 19.4 Å². The number of nitrogens with two attached hydrogens (primary N) is 1. The van der Waals surface area contributed by atoms with Crippen LogP contribution >= 0.6 is 0 Å². The molecule has 0 bridgehead atoms. The Kier molecular flexibility index (Phi) is 5.29. The minimum absolute atomic E-state index is 0.0859. The first kappa shape index (κ1) is 13.3. The number of ether oxygens (including phenoxy) is 2. The molecule has 1 atom stereocenters. The molecule has 0 aromatic heterocycles. The molecule has 0 fully saturated rings. The van der Waals surface area contributed by atoms with Crippen molar-refractivity contribution in [2.75, 3.05) is 13.2 Å². The number of rotatable bonds is 7. The van der Waals surface area contributed by atoms with Gasteiger partial charge in [-0.15, -0.1) is 0 Å². The second kappa shape index (κ2) is 6.75. The van der Waals surface area contributed by atoms with E-state index in [1.807, 2.05) is 6.92 Å². The molecule has 1 aromatic rings. The summed E-state index contributed by atoms with van der Waals surface area (Å²) >= 11 is 0. The van der Waals surface area contributed by atoms with Crippen LogP contribution in [0.1, 0.15) is 13.3 Å². The monoisotopic (exact) mass is 239 g/mol. The van der Waals surface area contributed by atoms with Gasteiger partial charge in [0.25, 0.3) is 0 Å². The Morgan fingerprint density at radius 1 is 1.41 bits per heavy atom. The average Bonchev–Trinajstić information content (AvgIpc) is 2.34. The molecule has 0 aliphatic rings. The molecule has 0 amide bonds. The van der Waals surface area contributed by atoms with Crippen LogP contribution in [-0.4, -0.2) is 30.3 Å². The molecule has 0 radical (unpaired) electrons. The summed E-state index contributed by atoms with van der Waals surface area (Å²) in [7, 11) is 0. The van der Waals surface area contributed by atoms with Crippen molar-refractivity contribution >= 4 is 5.97 Å². The predicted molar refractivity (Wildman–Crippen MR) is 63.3 cm³/mol. The molecule has 94 valence electrons. The molecule has 0 heterocycles. The van der Waals surface area contributed by atoms with Gasteiger partial charge in [0.1, 0.15) is 0 Å². The van der Waals surface area contributed by atoms with Gasteiger partial charge in [-0.1, -0.05) is 19.1 Å². The lowest BCUT2D eigenvalue weighted by Crippen LogP contribution is -2.34. The number of benzene rings is 1. The third kappa shape index (κ3) is 3.96. The van der Waals surface area contributed by atoms with Crippen LogP contribution < -0.4 is 15.2 Å². The number of hydrogen-bond acceptors (Lipinski definition) is 4. The predicted octanol–water partition coefficient (Wildman–Crippen LogP) is 1.27. The highest BCUT2D eigenvalue weighted by molar-refractivity contribution is 5.73. The normalized spacial score (nSPS) is 11.9. The first-order chi connectivity index (χ1) is 8.19. The average molecular weight is 239 g/mol. The van der Waals surface area contributed by atoms with Crippen molar-refractivity contribution in [1.29, 1.82) is 0 Å². The Bertz CT molecular complexity index is 367. The zero-order chi connectivity index (χ0) is 12.7. The van der Waals surface area contributed by atoms with Crippen LogP contribution in [0.4, 0.5) is 0 Å². The quantitative estimate of drug-likeness (QED) is 0.748. The van der Waals surface area contributed by atoms with Crippen LogP contribution in [0, 0.1) is 0 Å². The van der Waals surface area contributed by atoms with Crippen LogP contribution in [0.2, 0.25) is 0 Å². The lowest BCUT2D eigenvalue weighted by molar-refractivity contribution is -0.144. The number of carbonyl (C=O) groups is 1. The number of para-hydroxylation sites is 2. The van der Waals surface area contributed by atoms with Gasteiger partial charge in [-0.05, 0) is 18.6 Å². The van der Waals surface area contributed by atoms with Crippen LogP contribution in [0.5, 0.6) is 11.5 Å². The van der Waals surface area contributed by atoms with Crippen LogP contribution in [0.3, 0.4) is 0 Å². The Hall–Kier alpha value is -1.75. The van der Waals surface area contributed by atoms with Gasteiger partial charge >= 0.3 is 5.97 Å². The summed E-state index contributed by atoms with van der Waals surface area (Å²) in [4.78, 5) is 10.8. The minimum Gasteiger partial charge on any atom is -0.490 e. The van der Waals surface area contributed by atoms with Gasteiger partial charge in [0.15, 0.2) is 11.5 Å². The maximum atomic E-state index is 10.8. The highest BCUT2D eigenvalue weighted by Crippen LogP contribution is 2.27. The molecule has 0 aliphatic heterocycles. The fraction of sp³-hybridized carbons (Fsp3) is 0.417.